The van der Waals surface area contributed by atoms with E-state index in [2.05, 4.69) is 40.4 Å². The summed E-state index contributed by atoms with van der Waals surface area (Å²) >= 11 is 0. The molecule has 8 saturated heterocycles. The number of aliphatic carboxylic acids is 1. The minimum atomic E-state index is -3.53. The third-order valence-corrected chi connectivity index (χ3v) is 27.7. The van der Waals surface area contributed by atoms with Crippen molar-refractivity contribution in [2.24, 2.45) is 0 Å². The van der Waals surface area contributed by atoms with Gasteiger partial charge in [0.05, 0.1) is 83.8 Å². The normalized spacial score (nSPS) is 38.0. The van der Waals surface area contributed by atoms with Crippen molar-refractivity contribution in [2.45, 2.75) is 491 Å². The molecule has 0 aromatic rings. The molecule has 0 aromatic carbocycles. The van der Waals surface area contributed by atoms with E-state index >= 15 is 0 Å². The molecule has 848 valence electrons. The summed E-state index contributed by atoms with van der Waals surface area (Å²) in [5.41, 5.74) is 0. The van der Waals surface area contributed by atoms with Gasteiger partial charge in [-0.2, -0.15) is 0 Å². The molecule has 43 unspecified atom stereocenters. The zero-order chi connectivity index (χ0) is 107. The number of allylic oxidation sites excluding steroid dienone is 1. The maximum atomic E-state index is 14.1. The van der Waals surface area contributed by atoms with Gasteiger partial charge in [-0.05, 0) is 19.3 Å². The number of carbonyl (C=O) groups excluding carboxylic acids is 5. The van der Waals surface area contributed by atoms with Crippen molar-refractivity contribution >= 4 is 35.5 Å². The summed E-state index contributed by atoms with van der Waals surface area (Å²) in [5.74, 6) is -10.2. The molecule has 5 amide bonds. The van der Waals surface area contributed by atoms with Gasteiger partial charge in [0.15, 0.2) is 44.0 Å². The Hall–Kier alpha value is -5.00. The summed E-state index contributed by atoms with van der Waals surface area (Å²) in [7, 11) is 0. The predicted octanol–water partition coefficient (Wildman–Crippen LogP) is -7.28. The van der Waals surface area contributed by atoms with E-state index < -0.39 is 365 Å². The minimum Gasteiger partial charge on any atom is -0.477 e. The van der Waals surface area contributed by atoms with Crippen molar-refractivity contribution in [3.63, 3.8) is 0 Å². The van der Waals surface area contributed by atoms with Crippen LogP contribution in [0.5, 0.6) is 0 Å². The van der Waals surface area contributed by atoms with Gasteiger partial charge in [-0.3, -0.25) is 24.0 Å². The lowest BCUT2D eigenvalue weighted by atomic mass is 9.88. The summed E-state index contributed by atoms with van der Waals surface area (Å²) in [5, 5.41) is 287. The first-order valence-corrected chi connectivity index (χ1v) is 51.6. The van der Waals surface area contributed by atoms with Crippen molar-refractivity contribution in [2.75, 3.05) is 59.5 Å². The summed E-state index contributed by atoms with van der Waals surface area (Å²) < 4.78 is 98.8. The first-order valence-electron chi connectivity index (χ1n) is 51.6. The van der Waals surface area contributed by atoms with E-state index in [1.165, 1.54) is 96.0 Å². The monoisotopic (exact) mass is 2110 g/mol. The molecule has 0 radical (unpaired) electrons. The first-order chi connectivity index (χ1) is 69.8. The van der Waals surface area contributed by atoms with E-state index in [0.29, 0.717) is 12.8 Å². The van der Waals surface area contributed by atoms with Crippen LogP contribution in [-0.4, -0.2) is 481 Å². The highest BCUT2D eigenvalue weighted by molar-refractivity contribution is 5.77. The highest BCUT2D eigenvalue weighted by Gasteiger charge is 2.64. The van der Waals surface area contributed by atoms with E-state index in [-0.39, 0.29) is 6.42 Å². The maximum absolute atomic E-state index is 14.1. The number of carboxylic acids is 1. The number of aliphatic hydroxyl groups excluding tert-OH is 23. The second-order valence-electron chi connectivity index (χ2n) is 39.2. The molecule has 8 fully saturated rings. The SMILES string of the molecule is CCCCCCCCCCCCCC=CC(O)C(COC1OC(CO)C(OC2OC(CO)C(OC3OC(CO)C(O)C(OC4OC(CO)C(O)C(O)C4O)C3NC(C)=O)C(OC3OC(CO)C(O)C(OC4OC(CO)C(OC5OC(CO)C(O)C(O)C5NC(C)=O)C(OC5(C(=O)O)CC(O)C(NC(C)=O)C(C(O)C(O)CO)O5)C4O)C3NC(C)=O)C2O)C(O)C1O)NC(=O)CCCCCCCCCCCCCCCCC. The molecule has 0 aliphatic carbocycles. The average Bonchev–Trinajstić information content (AvgIpc) is 0.727. The fourth-order valence-electron chi connectivity index (χ4n) is 19.6. The van der Waals surface area contributed by atoms with Crippen LogP contribution in [-0.2, 0) is 105 Å². The topological polar surface area (TPSA) is 796 Å². The standard InChI is InChI=1S/C95H167N5O46/c1-7-9-11-13-15-17-19-21-22-24-26-28-30-32-34-36-62(116)100-51(52(113)35-33-31-29-27-25-23-20-18-16-14-12-10-8-2)46-131-90-76(126)74(124)79(59(43-106)136-90)139-92-77(127)85(80(60(44-107)137-92)140-88-65(98-49(5)111)82(70(120)57(41-104)133-88)142-91-75(125)73(123)69(119)56(40-103)135-91)144-89-66(99-50(6)112)83(71(121)58(42-105)134-89)143-93-78(128)86(81(61(45-108)138-93)141-87-64(97-48(4)110)72(122)68(118)55(39-102)132-87)146-95(94(129)130)37-53(114)63(96-47(3)109)84(145-95)67(117)54(115)38-101/h33,35,51-61,63-93,101-108,113-115,117-128H,7-32,34,36-46H2,1-6H3,(H,96,109)(H,97,110)(H,98,111)(H,99,112)(H,100,116)(H,129,130). The molecule has 146 heavy (non-hydrogen) atoms. The molecule has 29 N–H and O–H groups in total. The Labute approximate surface area is 848 Å². The van der Waals surface area contributed by atoms with Gasteiger partial charge in [-0.25, -0.2) is 4.79 Å². The number of carbonyl (C=O) groups is 6. The van der Waals surface area contributed by atoms with Crippen LogP contribution < -0.4 is 26.6 Å². The number of rotatable bonds is 63. The van der Waals surface area contributed by atoms with E-state index in [1.54, 1.807) is 6.08 Å². The second-order valence-corrected chi connectivity index (χ2v) is 39.2. The number of ether oxygens (including phenoxy) is 16. The number of amides is 5. The number of nitrogens with one attached hydrogen (secondary N) is 5. The lowest BCUT2D eigenvalue weighted by Gasteiger charge is -2.53. The van der Waals surface area contributed by atoms with Crippen LogP contribution in [0, 0.1) is 0 Å². The minimum absolute atomic E-state index is 0.0763. The van der Waals surface area contributed by atoms with Gasteiger partial charge < -0.3 is 225 Å². The number of unbranched alkanes of at least 4 members (excludes halogenated alkanes) is 25. The van der Waals surface area contributed by atoms with Gasteiger partial charge in [-0.15, -0.1) is 0 Å². The predicted molar refractivity (Wildman–Crippen MR) is 499 cm³/mol. The lowest BCUT2D eigenvalue weighted by Crippen LogP contribution is -2.73. The van der Waals surface area contributed by atoms with Gasteiger partial charge in [-0.1, -0.05) is 180 Å². The largest absolute Gasteiger partial charge is 0.477 e. The molecule has 8 rings (SSSR count). The van der Waals surface area contributed by atoms with Crippen LogP contribution in [0.1, 0.15) is 228 Å². The number of hydrogen-bond acceptors (Lipinski definition) is 45. The fraction of sp³-hybridized carbons (Fsp3) is 0.916. The van der Waals surface area contributed by atoms with E-state index in [9.17, 15) is 151 Å². The van der Waals surface area contributed by atoms with E-state index in [1.807, 2.05) is 0 Å². The molecular formula is C95H167N5O46. The van der Waals surface area contributed by atoms with Crippen LogP contribution in [0.4, 0.5) is 0 Å². The zero-order valence-corrected chi connectivity index (χ0v) is 84.0. The average molecular weight is 2120 g/mol. The van der Waals surface area contributed by atoms with Crippen molar-refractivity contribution in [3.05, 3.63) is 12.2 Å². The summed E-state index contributed by atoms with van der Waals surface area (Å²) in [6, 6.07) is -9.28. The molecule has 51 nitrogen and oxygen atoms in total. The van der Waals surface area contributed by atoms with Crippen LogP contribution in [0.15, 0.2) is 12.2 Å². The molecule has 0 aromatic heterocycles. The van der Waals surface area contributed by atoms with Gasteiger partial charge in [0.1, 0.15) is 189 Å². The maximum Gasteiger partial charge on any atom is 0.364 e. The molecule has 0 bridgehead atoms. The summed E-state index contributed by atoms with van der Waals surface area (Å²) in [4.78, 5) is 80.8. The fourth-order valence-corrected chi connectivity index (χ4v) is 19.6. The van der Waals surface area contributed by atoms with Crippen molar-refractivity contribution in [1.82, 2.24) is 26.6 Å². The molecule has 0 saturated carbocycles. The first kappa shape index (κ1) is 126. The highest BCUT2D eigenvalue weighted by atomic mass is 16.8. The van der Waals surface area contributed by atoms with Crippen molar-refractivity contribution in [3.8, 4) is 0 Å². The van der Waals surface area contributed by atoms with Crippen molar-refractivity contribution < 1.29 is 227 Å². The number of aliphatic hydroxyl groups is 23. The molecule has 8 heterocycles. The number of hydrogen-bond donors (Lipinski definition) is 29. The second kappa shape index (κ2) is 63.7. The molecular weight excluding hydrogens is 1950 g/mol. The highest BCUT2D eigenvalue weighted by Crippen LogP contribution is 2.44. The van der Waals surface area contributed by atoms with Crippen LogP contribution in [0.2, 0.25) is 0 Å². The Bertz CT molecular complexity index is 3770. The third-order valence-electron chi connectivity index (χ3n) is 27.7. The molecule has 43 atom stereocenters. The molecule has 51 heteroatoms. The zero-order valence-electron chi connectivity index (χ0n) is 84.0. The van der Waals surface area contributed by atoms with E-state index in [4.69, 9.17) is 75.8 Å². The third kappa shape index (κ3) is 35.5. The van der Waals surface area contributed by atoms with Gasteiger partial charge in [0.25, 0.3) is 5.79 Å². The Morgan fingerprint density at radius 2 is 0.699 bits per heavy atom. The van der Waals surface area contributed by atoms with Crippen LogP contribution >= 0.6 is 0 Å². The number of carboxylic acid groups (broad SMARTS) is 1. The Morgan fingerprint density at radius 1 is 0.356 bits per heavy atom. The van der Waals surface area contributed by atoms with Gasteiger partial charge in [0, 0.05) is 40.5 Å². The summed E-state index contributed by atoms with van der Waals surface area (Å²) in [6.45, 7) is -2.30. The van der Waals surface area contributed by atoms with Crippen molar-refractivity contribution in [1.29, 1.82) is 0 Å². The van der Waals surface area contributed by atoms with Gasteiger partial charge >= 0.3 is 5.97 Å². The van der Waals surface area contributed by atoms with E-state index in [0.717, 1.165) is 98.3 Å². The molecule has 8 aliphatic heterocycles. The Balaban J connectivity index is 1.14. The Kier molecular flexibility index (Phi) is 55.1. The smallest absolute Gasteiger partial charge is 0.364 e. The summed E-state index contributed by atoms with van der Waals surface area (Å²) in [6.07, 6.45) is -50.5. The molecule has 8 aliphatic rings. The van der Waals surface area contributed by atoms with Gasteiger partial charge in [0.2, 0.25) is 29.5 Å². The molecule has 0 spiro atoms. The lowest BCUT2D eigenvalue weighted by molar-refractivity contribution is -0.405. The van der Waals surface area contributed by atoms with Crippen LogP contribution in [0.25, 0.3) is 0 Å². The van der Waals surface area contributed by atoms with Crippen LogP contribution in [0.3, 0.4) is 0 Å². The Morgan fingerprint density at radius 3 is 1.14 bits per heavy atom. The quantitative estimate of drug-likeness (QED) is 0.0199.